The Hall–Kier alpha value is -0.0700. The van der Waals surface area contributed by atoms with Gasteiger partial charge >= 0.3 is 0 Å². The predicted molar refractivity (Wildman–Crippen MR) is 105 cm³/mol. The molecule has 1 saturated heterocycles. The highest BCUT2D eigenvalue weighted by Gasteiger charge is 2.22. The lowest BCUT2D eigenvalue weighted by Gasteiger charge is -2.28. The van der Waals surface area contributed by atoms with Crippen LogP contribution in [-0.4, -0.2) is 63.8 Å². The molecule has 0 aromatic carbocycles. The largest absolute Gasteiger partial charge is 0.377 e. The minimum atomic E-state index is 0. The summed E-state index contributed by atoms with van der Waals surface area (Å²) in [5, 5.41) is 6.49. The maximum atomic E-state index is 12.1. The summed E-state index contributed by atoms with van der Waals surface area (Å²) >= 11 is 0. The van der Waals surface area contributed by atoms with Crippen LogP contribution in [0.4, 0.5) is 0 Å². The molecule has 3 unspecified atom stereocenters. The lowest BCUT2D eigenvalue weighted by Crippen LogP contribution is -2.38. The van der Waals surface area contributed by atoms with Crippen molar-refractivity contribution in [2.24, 2.45) is 11.8 Å². The zero-order chi connectivity index (χ0) is 16.4. The highest BCUT2D eigenvalue weighted by molar-refractivity contribution is 5.85. The molecule has 3 atom stereocenters. The van der Waals surface area contributed by atoms with Gasteiger partial charge in [0.1, 0.15) is 0 Å². The third kappa shape index (κ3) is 11.5. The second kappa shape index (κ2) is 15.2. The minimum Gasteiger partial charge on any atom is -0.377 e. The zero-order valence-electron chi connectivity index (χ0n) is 15.7. The van der Waals surface area contributed by atoms with Crippen LogP contribution in [0.3, 0.4) is 0 Å². The topological polar surface area (TPSA) is 53.6 Å². The number of nitrogens with zero attached hydrogens (tertiary/aromatic N) is 1. The van der Waals surface area contributed by atoms with Gasteiger partial charge in [-0.1, -0.05) is 6.92 Å². The molecule has 24 heavy (non-hydrogen) atoms. The number of hydrogen-bond donors (Lipinski definition) is 2. The molecule has 0 bridgehead atoms. The summed E-state index contributed by atoms with van der Waals surface area (Å²) in [6.45, 7) is 8.67. The first kappa shape index (κ1) is 26.2. The van der Waals surface area contributed by atoms with Crippen molar-refractivity contribution in [3.63, 3.8) is 0 Å². The molecule has 0 saturated carbocycles. The normalized spacial score (nSPS) is 19.8. The van der Waals surface area contributed by atoms with Gasteiger partial charge in [-0.3, -0.25) is 4.79 Å². The third-order valence-corrected chi connectivity index (χ3v) is 4.47. The molecule has 1 heterocycles. The van der Waals surface area contributed by atoms with Crippen LogP contribution >= 0.6 is 24.8 Å². The zero-order valence-corrected chi connectivity index (χ0v) is 17.3. The van der Waals surface area contributed by atoms with E-state index >= 15 is 0 Å². The van der Waals surface area contributed by atoms with E-state index in [1.165, 1.54) is 12.8 Å². The number of ether oxygens (including phenoxy) is 1. The van der Waals surface area contributed by atoms with Crippen molar-refractivity contribution in [1.82, 2.24) is 15.5 Å². The summed E-state index contributed by atoms with van der Waals surface area (Å²) in [6.07, 6.45) is 4.16. The average Bonchev–Trinajstić information content (AvgIpc) is 2.50. The van der Waals surface area contributed by atoms with Crippen molar-refractivity contribution in [3.05, 3.63) is 0 Å². The summed E-state index contributed by atoms with van der Waals surface area (Å²) in [6, 6.07) is 0. The molecule has 1 amide bonds. The van der Waals surface area contributed by atoms with Gasteiger partial charge in [0.25, 0.3) is 0 Å². The van der Waals surface area contributed by atoms with Crippen LogP contribution in [0.1, 0.15) is 39.5 Å². The van der Waals surface area contributed by atoms with E-state index in [0.29, 0.717) is 31.4 Å². The van der Waals surface area contributed by atoms with Crippen molar-refractivity contribution in [1.29, 1.82) is 0 Å². The Bertz CT molecular complexity index is 314. The number of hydrogen-bond acceptors (Lipinski definition) is 4. The first-order valence-electron chi connectivity index (χ1n) is 8.76. The van der Waals surface area contributed by atoms with Gasteiger partial charge in [-0.25, -0.2) is 0 Å². The Labute approximate surface area is 160 Å². The fourth-order valence-corrected chi connectivity index (χ4v) is 3.01. The van der Waals surface area contributed by atoms with Crippen molar-refractivity contribution < 1.29 is 9.53 Å². The number of carbonyl (C=O) groups is 1. The molecular formula is C17H37Cl2N3O2. The smallest absolute Gasteiger partial charge is 0.220 e. The van der Waals surface area contributed by atoms with E-state index in [9.17, 15) is 4.79 Å². The molecule has 2 N–H and O–H groups in total. The van der Waals surface area contributed by atoms with Crippen LogP contribution in [-0.2, 0) is 9.53 Å². The van der Waals surface area contributed by atoms with E-state index in [1.807, 2.05) is 6.92 Å². The second-order valence-corrected chi connectivity index (χ2v) is 6.76. The Kier molecular flexibility index (Phi) is 16.6. The first-order chi connectivity index (χ1) is 10.5. The standard InChI is InChI=1S/C17H35N3O2.2ClH/c1-5-22-16(8-10-20(3)4)13-19-17(21)11-14(2)15-7-6-9-18-12-15;;/h14-16,18H,5-13H2,1-4H3,(H,19,21);2*1H. The Morgan fingerprint density at radius 3 is 2.62 bits per heavy atom. The molecule has 0 aliphatic carbocycles. The molecule has 0 aromatic heterocycles. The summed E-state index contributed by atoms with van der Waals surface area (Å²) in [5.41, 5.74) is 0. The van der Waals surface area contributed by atoms with Gasteiger partial charge in [0.15, 0.2) is 0 Å². The van der Waals surface area contributed by atoms with Crippen molar-refractivity contribution in [2.75, 3.05) is 46.9 Å². The molecule has 0 radical (unpaired) electrons. The monoisotopic (exact) mass is 385 g/mol. The number of nitrogens with one attached hydrogen (secondary N) is 2. The van der Waals surface area contributed by atoms with E-state index in [0.717, 1.165) is 26.1 Å². The number of amides is 1. The number of rotatable bonds is 10. The maximum absolute atomic E-state index is 12.1. The maximum Gasteiger partial charge on any atom is 0.220 e. The molecule has 1 rings (SSSR count). The van der Waals surface area contributed by atoms with Crippen LogP contribution in [0.15, 0.2) is 0 Å². The summed E-state index contributed by atoms with van der Waals surface area (Å²) in [4.78, 5) is 14.3. The fraction of sp³-hybridized carbons (Fsp3) is 0.941. The minimum absolute atomic E-state index is 0. The van der Waals surface area contributed by atoms with E-state index in [2.05, 4.69) is 36.6 Å². The summed E-state index contributed by atoms with van der Waals surface area (Å²) in [7, 11) is 4.11. The molecule has 0 aromatic rings. The van der Waals surface area contributed by atoms with Crippen LogP contribution in [0.5, 0.6) is 0 Å². The van der Waals surface area contributed by atoms with E-state index < -0.39 is 0 Å². The predicted octanol–water partition coefficient (Wildman–Crippen LogP) is 2.33. The van der Waals surface area contributed by atoms with E-state index in [4.69, 9.17) is 4.74 Å². The van der Waals surface area contributed by atoms with Gasteiger partial charge in [0.2, 0.25) is 5.91 Å². The van der Waals surface area contributed by atoms with Crippen LogP contribution in [0, 0.1) is 11.8 Å². The Morgan fingerprint density at radius 2 is 2.08 bits per heavy atom. The SMILES string of the molecule is CCOC(CCN(C)C)CNC(=O)CC(C)C1CCCNC1.Cl.Cl. The highest BCUT2D eigenvalue weighted by atomic mass is 35.5. The van der Waals surface area contributed by atoms with Crippen LogP contribution in [0.2, 0.25) is 0 Å². The van der Waals surface area contributed by atoms with Gasteiger partial charge in [0, 0.05) is 26.1 Å². The Balaban J connectivity index is 0. The molecule has 146 valence electrons. The molecule has 7 heteroatoms. The van der Waals surface area contributed by atoms with Crippen molar-refractivity contribution in [2.45, 2.75) is 45.6 Å². The third-order valence-electron chi connectivity index (χ3n) is 4.47. The lowest BCUT2D eigenvalue weighted by molar-refractivity contribution is -0.123. The molecular weight excluding hydrogens is 349 g/mol. The van der Waals surface area contributed by atoms with Gasteiger partial charge < -0.3 is 20.3 Å². The van der Waals surface area contributed by atoms with E-state index in [-0.39, 0.29) is 36.8 Å². The molecule has 1 aliphatic rings. The van der Waals surface area contributed by atoms with E-state index in [1.54, 1.807) is 0 Å². The molecule has 1 fully saturated rings. The number of carbonyl (C=O) groups excluding carboxylic acids is 1. The highest BCUT2D eigenvalue weighted by Crippen LogP contribution is 2.22. The number of piperidine rings is 1. The summed E-state index contributed by atoms with van der Waals surface area (Å²) in [5.74, 6) is 1.24. The summed E-state index contributed by atoms with van der Waals surface area (Å²) < 4.78 is 5.71. The van der Waals surface area contributed by atoms with Gasteiger partial charge in [-0.15, -0.1) is 24.8 Å². The van der Waals surface area contributed by atoms with Gasteiger partial charge in [-0.05, 0) is 65.2 Å². The van der Waals surface area contributed by atoms with Gasteiger partial charge in [-0.2, -0.15) is 0 Å². The lowest BCUT2D eigenvalue weighted by atomic mass is 9.85. The van der Waals surface area contributed by atoms with Crippen molar-refractivity contribution >= 4 is 30.7 Å². The van der Waals surface area contributed by atoms with Crippen LogP contribution in [0.25, 0.3) is 0 Å². The fourth-order valence-electron chi connectivity index (χ4n) is 3.01. The van der Waals surface area contributed by atoms with Gasteiger partial charge in [0.05, 0.1) is 6.10 Å². The quantitative estimate of drug-likeness (QED) is 0.605. The van der Waals surface area contributed by atoms with Crippen molar-refractivity contribution in [3.8, 4) is 0 Å². The second-order valence-electron chi connectivity index (χ2n) is 6.76. The number of halogens is 2. The average molecular weight is 386 g/mol. The molecule has 0 spiro atoms. The molecule has 1 aliphatic heterocycles. The van der Waals surface area contributed by atoms with Crippen LogP contribution < -0.4 is 10.6 Å². The molecule has 5 nitrogen and oxygen atoms in total. The Morgan fingerprint density at radius 1 is 1.38 bits per heavy atom. The first-order valence-corrected chi connectivity index (χ1v) is 8.76.